The number of rotatable bonds is 6. The lowest BCUT2D eigenvalue weighted by Crippen LogP contribution is -2.43. The van der Waals surface area contributed by atoms with Gasteiger partial charge in [-0.25, -0.2) is 0 Å². The second-order valence-corrected chi connectivity index (χ2v) is 7.11. The van der Waals surface area contributed by atoms with Crippen LogP contribution >= 0.6 is 0 Å². The van der Waals surface area contributed by atoms with Crippen molar-refractivity contribution < 1.29 is 19.1 Å². The number of carbonyl (C=O) groups is 2. The minimum absolute atomic E-state index is 0.0456. The third-order valence-electron chi connectivity index (χ3n) is 5.14. The number of fused-ring (bicyclic) bond motifs is 1. The average molecular weight is 429 g/mol. The van der Waals surface area contributed by atoms with Crippen molar-refractivity contribution in [3.63, 3.8) is 0 Å². The van der Waals surface area contributed by atoms with Crippen molar-refractivity contribution in [1.82, 2.24) is 15.4 Å². The van der Waals surface area contributed by atoms with Gasteiger partial charge in [-0.2, -0.15) is 0 Å². The Bertz CT molecular complexity index is 1260. The fourth-order valence-corrected chi connectivity index (χ4v) is 3.59. The van der Waals surface area contributed by atoms with Crippen LogP contribution in [0.15, 0.2) is 78.9 Å². The molecule has 32 heavy (non-hydrogen) atoms. The van der Waals surface area contributed by atoms with Gasteiger partial charge in [0, 0.05) is 22.2 Å². The highest BCUT2D eigenvalue weighted by Crippen LogP contribution is 2.28. The first-order chi connectivity index (χ1) is 15.6. The highest BCUT2D eigenvalue weighted by atomic mass is 16.5. The van der Waals surface area contributed by atoms with E-state index in [0.29, 0.717) is 17.1 Å². The predicted molar refractivity (Wildman–Crippen MR) is 123 cm³/mol. The lowest BCUT2D eigenvalue weighted by molar-refractivity contribution is -0.122. The van der Waals surface area contributed by atoms with Crippen molar-refractivity contribution in [3.8, 4) is 22.8 Å². The van der Waals surface area contributed by atoms with E-state index in [9.17, 15) is 9.59 Å². The van der Waals surface area contributed by atoms with E-state index in [1.807, 2.05) is 59.2 Å². The van der Waals surface area contributed by atoms with E-state index in [2.05, 4.69) is 16.9 Å². The van der Waals surface area contributed by atoms with Crippen LogP contribution in [0.1, 0.15) is 10.4 Å². The largest absolute Gasteiger partial charge is 0.493 e. The summed E-state index contributed by atoms with van der Waals surface area (Å²) in [5.41, 5.74) is 8.16. The van der Waals surface area contributed by atoms with E-state index >= 15 is 0 Å². The Kier molecular flexibility index (Phi) is 6.07. The molecule has 2 N–H and O–H groups in total. The molecule has 0 aliphatic rings. The third-order valence-corrected chi connectivity index (χ3v) is 5.14. The van der Waals surface area contributed by atoms with Gasteiger partial charge >= 0.3 is 0 Å². The molecule has 7 nitrogen and oxygen atoms in total. The molecule has 0 atom stereocenters. The molecule has 0 bridgehead atoms. The maximum atomic E-state index is 12.7. The quantitative estimate of drug-likeness (QED) is 0.457. The monoisotopic (exact) mass is 429 g/mol. The Labute approximate surface area is 185 Å². The van der Waals surface area contributed by atoms with Crippen molar-refractivity contribution in [2.75, 3.05) is 14.2 Å². The molecule has 4 rings (SSSR count). The van der Waals surface area contributed by atoms with Crippen LogP contribution in [0, 0.1) is 0 Å². The van der Waals surface area contributed by atoms with Gasteiger partial charge in [-0.3, -0.25) is 20.4 Å². The Morgan fingerprint density at radius 3 is 2.28 bits per heavy atom. The van der Waals surface area contributed by atoms with Crippen LogP contribution in [-0.2, 0) is 11.3 Å². The Morgan fingerprint density at radius 2 is 1.53 bits per heavy atom. The summed E-state index contributed by atoms with van der Waals surface area (Å²) in [6, 6.07) is 24.6. The smallest absolute Gasteiger partial charge is 0.269 e. The van der Waals surface area contributed by atoms with E-state index < -0.39 is 5.91 Å². The minimum Gasteiger partial charge on any atom is -0.493 e. The summed E-state index contributed by atoms with van der Waals surface area (Å²) in [7, 11) is 3.01. The highest BCUT2D eigenvalue weighted by molar-refractivity contribution is 5.96. The van der Waals surface area contributed by atoms with Gasteiger partial charge in [-0.15, -0.1) is 0 Å². The number of ether oxygens (including phenoxy) is 2. The molecular weight excluding hydrogens is 406 g/mol. The molecule has 0 aliphatic carbocycles. The molecule has 3 aromatic carbocycles. The molecule has 1 aromatic heterocycles. The summed E-state index contributed by atoms with van der Waals surface area (Å²) in [6.45, 7) is 0.0456. The van der Waals surface area contributed by atoms with Gasteiger partial charge in [0.05, 0.1) is 14.2 Å². The van der Waals surface area contributed by atoms with E-state index in [1.54, 1.807) is 18.2 Å². The zero-order chi connectivity index (χ0) is 22.5. The van der Waals surface area contributed by atoms with E-state index in [4.69, 9.17) is 9.47 Å². The second kappa shape index (κ2) is 9.26. The van der Waals surface area contributed by atoms with E-state index in [0.717, 1.165) is 22.2 Å². The standard InChI is InChI=1S/C25H23N3O4/c1-31-22-13-12-19(15-23(22)32-2)25(30)27-26-24(29)16-28-20-11-7-6-10-18(20)14-21(28)17-8-4-3-5-9-17/h3-15H,16H2,1-2H3,(H,26,29)(H,27,30). The zero-order valence-electron chi connectivity index (χ0n) is 17.8. The van der Waals surface area contributed by atoms with Crippen LogP contribution in [-0.4, -0.2) is 30.6 Å². The number of hydrogen-bond donors (Lipinski definition) is 2. The van der Waals surface area contributed by atoms with Crippen molar-refractivity contribution >= 4 is 22.7 Å². The van der Waals surface area contributed by atoms with Gasteiger partial charge in [0.25, 0.3) is 11.8 Å². The number of amides is 2. The molecule has 0 saturated heterocycles. The summed E-state index contributed by atoms with van der Waals surface area (Å²) in [6.07, 6.45) is 0. The molecule has 162 valence electrons. The molecule has 4 aromatic rings. The Hall–Kier alpha value is -4.26. The predicted octanol–water partition coefficient (Wildman–Crippen LogP) is 3.79. The summed E-state index contributed by atoms with van der Waals surface area (Å²) in [5, 5.41) is 1.04. The molecule has 0 unspecified atom stereocenters. The normalized spacial score (nSPS) is 10.6. The molecule has 0 fully saturated rings. The van der Waals surface area contributed by atoms with Gasteiger partial charge in [-0.1, -0.05) is 48.5 Å². The molecule has 1 heterocycles. The number of nitrogens with zero attached hydrogens (tertiary/aromatic N) is 1. The average Bonchev–Trinajstić information content (AvgIpc) is 3.20. The van der Waals surface area contributed by atoms with Crippen molar-refractivity contribution in [1.29, 1.82) is 0 Å². The van der Waals surface area contributed by atoms with E-state index in [1.165, 1.54) is 14.2 Å². The summed E-state index contributed by atoms with van der Waals surface area (Å²) < 4.78 is 12.3. The first-order valence-corrected chi connectivity index (χ1v) is 10.1. The molecule has 0 radical (unpaired) electrons. The van der Waals surface area contributed by atoms with Gasteiger partial charge < -0.3 is 14.0 Å². The van der Waals surface area contributed by atoms with Crippen LogP contribution < -0.4 is 20.3 Å². The zero-order valence-corrected chi connectivity index (χ0v) is 17.8. The topological polar surface area (TPSA) is 81.6 Å². The Morgan fingerprint density at radius 1 is 0.812 bits per heavy atom. The maximum absolute atomic E-state index is 12.7. The molecule has 0 saturated carbocycles. The summed E-state index contributed by atoms with van der Waals surface area (Å²) in [5.74, 6) is 0.135. The number of para-hydroxylation sites is 1. The number of hydrazine groups is 1. The van der Waals surface area contributed by atoms with Crippen molar-refractivity contribution in [2.45, 2.75) is 6.54 Å². The molecule has 7 heteroatoms. The number of aromatic nitrogens is 1. The maximum Gasteiger partial charge on any atom is 0.269 e. The molecular formula is C25H23N3O4. The van der Waals surface area contributed by atoms with Crippen LogP contribution in [0.2, 0.25) is 0 Å². The summed E-state index contributed by atoms with van der Waals surface area (Å²) in [4.78, 5) is 25.2. The van der Waals surface area contributed by atoms with E-state index in [-0.39, 0.29) is 12.5 Å². The van der Waals surface area contributed by atoms with Gasteiger partial charge in [0.2, 0.25) is 0 Å². The number of nitrogens with one attached hydrogen (secondary N) is 2. The Balaban J connectivity index is 1.51. The van der Waals surface area contributed by atoms with Crippen LogP contribution in [0.5, 0.6) is 11.5 Å². The molecule has 0 spiro atoms. The lowest BCUT2D eigenvalue weighted by atomic mass is 10.1. The third kappa shape index (κ3) is 4.27. The number of benzene rings is 3. The van der Waals surface area contributed by atoms with Crippen LogP contribution in [0.4, 0.5) is 0 Å². The molecule has 0 aliphatic heterocycles. The van der Waals surface area contributed by atoms with Crippen LogP contribution in [0.3, 0.4) is 0 Å². The molecule has 2 amide bonds. The second-order valence-electron chi connectivity index (χ2n) is 7.11. The summed E-state index contributed by atoms with van der Waals surface area (Å²) >= 11 is 0. The van der Waals surface area contributed by atoms with Gasteiger partial charge in [0.1, 0.15) is 6.54 Å². The highest BCUT2D eigenvalue weighted by Gasteiger charge is 2.15. The minimum atomic E-state index is -0.458. The number of hydrogen-bond acceptors (Lipinski definition) is 4. The SMILES string of the molecule is COc1ccc(C(=O)NNC(=O)Cn2c(-c3ccccc3)cc3ccccc32)cc1OC. The number of methoxy groups -OCH3 is 2. The number of carbonyl (C=O) groups excluding carboxylic acids is 2. The first-order valence-electron chi connectivity index (χ1n) is 10.1. The lowest BCUT2D eigenvalue weighted by Gasteiger charge is -2.13. The first kappa shape index (κ1) is 21.0. The fraction of sp³-hybridized carbons (Fsp3) is 0.120. The van der Waals surface area contributed by atoms with Crippen LogP contribution in [0.25, 0.3) is 22.2 Å². The fourth-order valence-electron chi connectivity index (χ4n) is 3.59. The van der Waals surface area contributed by atoms with Gasteiger partial charge in [0.15, 0.2) is 11.5 Å². The van der Waals surface area contributed by atoms with Gasteiger partial charge in [-0.05, 0) is 35.9 Å². The van der Waals surface area contributed by atoms with Crippen molar-refractivity contribution in [3.05, 3.63) is 84.4 Å². The van der Waals surface area contributed by atoms with Crippen molar-refractivity contribution in [2.24, 2.45) is 0 Å².